The number of pyridine rings is 1. The van der Waals surface area contributed by atoms with Gasteiger partial charge in [-0.25, -0.2) is 4.98 Å². The maximum absolute atomic E-state index is 5.11. The summed E-state index contributed by atoms with van der Waals surface area (Å²) in [5.41, 5.74) is 7.86. The fourth-order valence-corrected chi connectivity index (χ4v) is 6.37. The maximum Gasteiger partial charge on any atom is 2.00 e. The number of benzene rings is 4. The Morgan fingerprint density at radius 2 is 1.61 bits per heavy atom. The summed E-state index contributed by atoms with van der Waals surface area (Å²) in [6, 6.07) is 38.6. The van der Waals surface area contributed by atoms with Crippen LogP contribution in [-0.2, 0) is 28.1 Å². The molecule has 0 aliphatic carbocycles. The van der Waals surface area contributed by atoms with Crippen LogP contribution >= 0.6 is 11.3 Å². The molecule has 4 aromatic carbocycles. The van der Waals surface area contributed by atoms with E-state index < -0.39 is 0 Å². The van der Waals surface area contributed by atoms with Gasteiger partial charge in [-0.2, -0.15) is 11.3 Å². The SMILES string of the molecule is Cn1ccnc1-c1cccc2sc(-c3[c-]c4c(cc3)c3ccccc3n4-c3[c-]c(-c4ccccn4)ccc3)nc12.[Pt+2]. The van der Waals surface area contributed by atoms with E-state index in [0.29, 0.717) is 0 Å². The number of aryl methyl sites for hydroxylation is 1. The summed E-state index contributed by atoms with van der Waals surface area (Å²) in [5, 5.41) is 3.26. The van der Waals surface area contributed by atoms with Gasteiger partial charge >= 0.3 is 21.1 Å². The van der Waals surface area contributed by atoms with Crippen LogP contribution in [0.2, 0.25) is 0 Å². The van der Waals surface area contributed by atoms with Crippen molar-refractivity contribution >= 4 is 43.4 Å². The van der Waals surface area contributed by atoms with Crippen molar-refractivity contribution in [1.29, 1.82) is 0 Å². The zero-order valence-electron chi connectivity index (χ0n) is 21.9. The summed E-state index contributed by atoms with van der Waals surface area (Å²) < 4.78 is 5.40. The molecule has 0 radical (unpaired) electrons. The molecule has 4 aromatic heterocycles. The molecule has 7 heteroatoms. The Bertz CT molecular complexity index is 2190. The van der Waals surface area contributed by atoms with Crippen LogP contribution in [0, 0.1) is 12.1 Å². The van der Waals surface area contributed by atoms with Crippen LogP contribution in [0.5, 0.6) is 0 Å². The Morgan fingerprint density at radius 3 is 2.46 bits per heavy atom. The van der Waals surface area contributed by atoms with E-state index in [4.69, 9.17) is 4.98 Å². The van der Waals surface area contributed by atoms with E-state index in [9.17, 15) is 0 Å². The third-order valence-electron chi connectivity index (χ3n) is 7.26. The van der Waals surface area contributed by atoms with Gasteiger partial charge in [0.15, 0.2) is 0 Å². The quantitative estimate of drug-likeness (QED) is 0.172. The normalized spacial score (nSPS) is 11.3. The number of para-hydroxylation sites is 2. The predicted octanol–water partition coefficient (Wildman–Crippen LogP) is 8.12. The zero-order valence-corrected chi connectivity index (χ0v) is 24.9. The number of aromatic nitrogens is 5. The monoisotopic (exact) mass is 726 g/mol. The number of hydrogen-bond acceptors (Lipinski definition) is 4. The number of nitrogens with zero attached hydrogens (tertiary/aromatic N) is 5. The van der Waals surface area contributed by atoms with Crippen molar-refractivity contribution in [2.45, 2.75) is 0 Å². The van der Waals surface area contributed by atoms with Crippen LogP contribution in [0.4, 0.5) is 0 Å². The molecule has 5 nitrogen and oxygen atoms in total. The molecule has 0 saturated carbocycles. The molecule has 0 atom stereocenters. The van der Waals surface area contributed by atoms with E-state index >= 15 is 0 Å². The minimum Gasteiger partial charge on any atom is -0.346 e. The van der Waals surface area contributed by atoms with Gasteiger partial charge in [-0.15, -0.1) is 53.6 Å². The molecule has 41 heavy (non-hydrogen) atoms. The zero-order chi connectivity index (χ0) is 26.6. The second-order valence-corrected chi connectivity index (χ2v) is 10.7. The molecule has 0 spiro atoms. The molecule has 0 fully saturated rings. The molecule has 0 aliphatic rings. The number of rotatable bonds is 4. The van der Waals surface area contributed by atoms with Crippen LogP contribution < -0.4 is 0 Å². The summed E-state index contributed by atoms with van der Waals surface area (Å²) >= 11 is 1.68. The Kier molecular flexibility index (Phi) is 6.38. The first-order valence-corrected chi connectivity index (χ1v) is 13.8. The Morgan fingerprint density at radius 1 is 0.732 bits per heavy atom. The average molecular weight is 727 g/mol. The second-order valence-electron chi connectivity index (χ2n) is 9.68. The second kappa shape index (κ2) is 10.2. The summed E-state index contributed by atoms with van der Waals surface area (Å²) in [4.78, 5) is 14.2. The first-order chi connectivity index (χ1) is 19.7. The van der Waals surface area contributed by atoms with E-state index in [1.54, 1.807) is 11.3 Å². The van der Waals surface area contributed by atoms with Gasteiger partial charge in [0.25, 0.3) is 0 Å². The van der Waals surface area contributed by atoms with Crippen molar-refractivity contribution in [3.8, 4) is 38.9 Å². The fraction of sp³-hybridized carbons (Fsp3) is 0.0294. The molecule has 0 N–H and O–H groups in total. The van der Waals surface area contributed by atoms with Crippen LogP contribution in [0.25, 0.3) is 70.9 Å². The van der Waals surface area contributed by atoms with E-state index in [1.165, 1.54) is 5.39 Å². The number of imidazole rings is 1. The van der Waals surface area contributed by atoms with E-state index in [0.717, 1.165) is 65.5 Å². The topological polar surface area (TPSA) is 48.5 Å². The molecule has 8 aromatic rings. The minimum atomic E-state index is 0. The van der Waals surface area contributed by atoms with E-state index in [1.807, 2.05) is 48.4 Å². The van der Waals surface area contributed by atoms with Gasteiger partial charge < -0.3 is 14.1 Å². The van der Waals surface area contributed by atoms with Gasteiger partial charge in [0.2, 0.25) is 0 Å². The summed E-state index contributed by atoms with van der Waals surface area (Å²) in [6.07, 6.45) is 5.59. The Balaban J connectivity index is 0.00000276. The summed E-state index contributed by atoms with van der Waals surface area (Å²) in [5.74, 6) is 0.908. The standard InChI is InChI=1S/C34H21N5S.Pt/c1-38-19-18-36-33(38)27-11-7-14-31-32(27)37-34(40-31)23-15-16-26-25-10-2-3-13-29(25)39(30(26)21-23)24-9-6-8-22(20-24)28-12-4-5-17-35-28;/h2-19H,1H3;/q-2;+2. The maximum atomic E-state index is 5.11. The smallest absolute Gasteiger partial charge is 0.346 e. The van der Waals surface area contributed by atoms with Crippen molar-refractivity contribution in [3.05, 3.63) is 122 Å². The van der Waals surface area contributed by atoms with Crippen LogP contribution in [0.1, 0.15) is 0 Å². The molecule has 4 heterocycles. The molecule has 198 valence electrons. The third kappa shape index (κ3) is 4.22. The first kappa shape index (κ1) is 25.6. The number of thiazole rings is 1. The van der Waals surface area contributed by atoms with Crippen LogP contribution in [-0.4, -0.2) is 24.1 Å². The van der Waals surface area contributed by atoms with E-state index in [2.05, 4.69) is 99.5 Å². The molecular weight excluding hydrogens is 706 g/mol. The number of fused-ring (bicyclic) bond motifs is 4. The van der Waals surface area contributed by atoms with Crippen LogP contribution in [0.15, 0.2) is 110 Å². The molecule has 8 rings (SSSR count). The van der Waals surface area contributed by atoms with Crippen molar-refractivity contribution < 1.29 is 21.1 Å². The van der Waals surface area contributed by atoms with Crippen molar-refractivity contribution in [1.82, 2.24) is 24.1 Å². The first-order valence-electron chi connectivity index (χ1n) is 13.0. The molecule has 0 aliphatic heterocycles. The van der Waals surface area contributed by atoms with Gasteiger partial charge in [0, 0.05) is 46.4 Å². The molecule has 0 amide bonds. The summed E-state index contributed by atoms with van der Waals surface area (Å²) in [6.45, 7) is 0. The average Bonchev–Trinajstić information content (AvgIpc) is 3.72. The molecular formula is C34H21N5PtS. The largest absolute Gasteiger partial charge is 2.00 e. The molecule has 0 bridgehead atoms. The molecule has 0 saturated heterocycles. The Hall–Kier alpha value is -4.38. The number of hydrogen-bond donors (Lipinski definition) is 0. The fourth-order valence-electron chi connectivity index (χ4n) is 5.40. The van der Waals surface area contributed by atoms with Crippen LogP contribution in [0.3, 0.4) is 0 Å². The van der Waals surface area contributed by atoms with Crippen molar-refractivity contribution in [2.24, 2.45) is 7.05 Å². The third-order valence-corrected chi connectivity index (χ3v) is 8.31. The van der Waals surface area contributed by atoms with Gasteiger partial charge in [-0.3, -0.25) is 4.98 Å². The van der Waals surface area contributed by atoms with Crippen molar-refractivity contribution in [2.75, 3.05) is 0 Å². The van der Waals surface area contributed by atoms with Crippen molar-refractivity contribution in [3.63, 3.8) is 0 Å². The Labute approximate surface area is 255 Å². The van der Waals surface area contributed by atoms with Gasteiger partial charge in [0.05, 0.1) is 5.52 Å². The molecule has 0 unspecified atom stereocenters. The minimum absolute atomic E-state index is 0. The van der Waals surface area contributed by atoms with Gasteiger partial charge in [-0.1, -0.05) is 41.8 Å². The summed E-state index contributed by atoms with van der Waals surface area (Å²) in [7, 11) is 2.01. The van der Waals surface area contributed by atoms with E-state index in [-0.39, 0.29) is 21.1 Å². The predicted molar refractivity (Wildman–Crippen MR) is 162 cm³/mol. The van der Waals surface area contributed by atoms with Gasteiger partial charge in [-0.05, 0) is 46.5 Å². The van der Waals surface area contributed by atoms with Gasteiger partial charge in [0.1, 0.15) is 5.82 Å².